The molecule has 2 unspecified atom stereocenters. The van der Waals surface area contributed by atoms with E-state index in [1.54, 1.807) is 7.11 Å². The van der Waals surface area contributed by atoms with Crippen molar-refractivity contribution < 1.29 is 9.47 Å². The minimum absolute atomic E-state index is 0.249. The molecule has 114 valence electrons. The molecule has 0 aliphatic carbocycles. The van der Waals surface area contributed by atoms with Crippen LogP contribution in [0.2, 0.25) is 0 Å². The summed E-state index contributed by atoms with van der Waals surface area (Å²) in [6.45, 7) is 11.3. The van der Waals surface area contributed by atoms with Crippen molar-refractivity contribution in [2.45, 2.75) is 45.7 Å². The Balaban J connectivity index is 2.57. The van der Waals surface area contributed by atoms with Gasteiger partial charge in [0.05, 0.1) is 13.2 Å². The lowest BCUT2D eigenvalue weighted by atomic mass is 9.81. The molecule has 1 saturated heterocycles. The zero-order valence-electron chi connectivity index (χ0n) is 13.4. The van der Waals surface area contributed by atoms with Crippen molar-refractivity contribution in [3.8, 4) is 0 Å². The van der Waals surface area contributed by atoms with Crippen LogP contribution in [0.15, 0.2) is 0 Å². The summed E-state index contributed by atoms with van der Waals surface area (Å²) in [5.41, 5.74) is 0.249. The highest BCUT2D eigenvalue weighted by Gasteiger charge is 2.34. The molecule has 4 heteroatoms. The lowest BCUT2D eigenvalue weighted by molar-refractivity contribution is -0.0325. The van der Waals surface area contributed by atoms with Gasteiger partial charge in [-0.15, -0.1) is 0 Å². The first-order valence-corrected chi connectivity index (χ1v) is 7.49. The first kappa shape index (κ1) is 16.9. The Kier molecular flexibility index (Phi) is 7.29. The largest absolute Gasteiger partial charge is 0.383 e. The minimum atomic E-state index is 0.249. The first-order valence-electron chi connectivity index (χ1n) is 7.49. The summed E-state index contributed by atoms with van der Waals surface area (Å²) in [5, 5.41) is 3.59. The van der Waals surface area contributed by atoms with Crippen molar-refractivity contribution in [3.63, 3.8) is 0 Å². The second-order valence-corrected chi connectivity index (χ2v) is 6.41. The molecular weight excluding hydrogens is 240 g/mol. The third-order valence-corrected chi connectivity index (χ3v) is 4.03. The lowest BCUT2D eigenvalue weighted by Gasteiger charge is -2.42. The Bertz CT molecular complexity index is 240. The Hall–Kier alpha value is -0.160. The van der Waals surface area contributed by atoms with E-state index in [9.17, 15) is 0 Å². The monoisotopic (exact) mass is 272 g/mol. The maximum atomic E-state index is 5.76. The minimum Gasteiger partial charge on any atom is -0.383 e. The molecule has 4 nitrogen and oxygen atoms in total. The maximum absolute atomic E-state index is 5.76. The van der Waals surface area contributed by atoms with E-state index < -0.39 is 0 Å². The summed E-state index contributed by atoms with van der Waals surface area (Å²) in [6, 6.07) is 0.975. The maximum Gasteiger partial charge on any atom is 0.0615 e. The highest BCUT2D eigenvalue weighted by molar-refractivity contribution is 4.88. The van der Waals surface area contributed by atoms with E-state index in [1.165, 1.54) is 12.8 Å². The predicted octanol–water partition coefficient (Wildman–Crippen LogP) is 1.75. The Morgan fingerprint density at radius 1 is 1.37 bits per heavy atom. The topological polar surface area (TPSA) is 33.7 Å². The van der Waals surface area contributed by atoms with Crippen LogP contribution in [0.5, 0.6) is 0 Å². The summed E-state index contributed by atoms with van der Waals surface area (Å²) in [5.74, 6) is 0. The second kappa shape index (κ2) is 8.20. The van der Waals surface area contributed by atoms with Crippen LogP contribution in [0, 0.1) is 5.41 Å². The van der Waals surface area contributed by atoms with Gasteiger partial charge in [0.25, 0.3) is 0 Å². The number of ether oxygens (including phenoxy) is 2. The molecule has 0 aromatic heterocycles. The molecule has 19 heavy (non-hydrogen) atoms. The molecular formula is C15H32N2O2. The van der Waals surface area contributed by atoms with Crippen molar-refractivity contribution in [1.29, 1.82) is 0 Å². The summed E-state index contributed by atoms with van der Waals surface area (Å²) >= 11 is 0. The smallest absolute Gasteiger partial charge is 0.0615 e. The molecule has 0 spiro atoms. The number of nitrogens with zero attached hydrogens (tertiary/aromatic N) is 1. The molecule has 1 aliphatic heterocycles. The van der Waals surface area contributed by atoms with Crippen LogP contribution in [0.4, 0.5) is 0 Å². The Morgan fingerprint density at radius 3 is 2.63 bits per heavy atom. The van der Waals surface area contributed by atoms with Crippen LogP contribution in [-0.4, -0.2) is 64.1 Å². The van der Waals surface area contributed by atoms with Gasteiger partial charge in [0, 0.05) is 44.3 Å². The molecule has 0 bridgehead atoms. The summed E-state index contributed by atoms with van der Waals surface area (Å²) in [6.07, 6.45) is 2.42. The number of hydrogen-bond acceptors (Lipinski definition) is 4. The third kappa shape index (κ3) is 5.78. The van der Waals surface area contributed by atoms with Crippen LogP contribution in [-0.2, 0) is 9.47 Å². The Labute approximate surface area is 118 Å². The molecule has 1 heterocycles. The predicted molar refractivity (Wildman–Crippen MR) is 79.6 cm³/mol. The summed E-state index contributed by atoms with van der Waals surface area (Å²) in [4.78, 5) is 2.40. The average Bonchev–Trinajstić information content (AvgIpc) is 2.38. The molecule has 0 saturated carbocycles. The third-order valence-electron chi connectivity index (χ3n) is 4.03. The van der Waals surface area contributed by atoms with Crippen molar-refractivity contribution in [2.75, 3.05) is 47.1 Å². The zero-order valence-corrected chi connectivity index (χ0v) is 13.4. The standard InChI is InChI=1S/C15H32N2O2/c1-13(2)16-10-15(7-6-8-19-12-15)11-17(4)14(3)9-18-5/h13-14,16H,6-12H2,1-5H3. The first-order chi connectivity index (χ1) is 8.99. The van der Waals surface area contributed by atoms with E-state index in [0.29, 0.717) is 12.1 Å². The van der Waals surface area contributed by atoms with Gasteiger partial charge in [-0.1, -0.05) is 13.8 Å². The number of methoxy groups -OCH3 is 1. The van der Waals surface area contributed by atoms with E-state index >= 15 is 0 Å². The number of hydrogen-bond donors (Lipinski definition) is 1. The average molecular weight is 272 g/mol. The highest BCUT2D eigenvalue weighted by Crippen LogP contribution is 2.29. The van der Waals surface area contributed by atoms with E-state index in [0.717, 1.165) is 32.9 Å². The fourth-order valence-electron chi connectivity index (χ4n) is 2.70. The second-order valence-electron chi connectivity index (χ2n) is 6.41. The van der Waals surface area contributed by atoms with Gasteiger partial charge in [-0.05, 0) is 26.8 Å². The quantitative estimate of drug-likeness (QED) is 0.730. The van der Waals surface area contributed by atoms with Crippen LogP contribution >= 0.6 is 0 Å². The van der Waals surface area contributed by atoms with Crippen LogP contribution in [0.25, 0.3) is 0 Å². The molecule has 0 radical (unpaired) electrons. The van der Waals surface area contributed by atoms with Gasteiger partial charge in [-0.2, -0.15) is 0 Å². The van der Waals surface area contributed by atoms with E-state index in [4.69, 9.17) is 9.47 Å². The normalized spacial score (nSPS) is 26.1. The van der Waals surface area contributed by atoms with Crippen molar-refractivity contribution in [2.24, 2.45) is 5.41 Å². The van der Waals surface area contributed by atoms with Crippen LogP contribution in [0.3, 0.4) is 0 Å². The van der Waals surface area contributed by atoms with Gasteiger partial charge in [-0.3, -0.25) is 0 Å². The van der Waals surface area contributed by atoms with Crippen LogP contribution < -0.4 is 5.32 Å². The fraction of sp³-hybridized carbons (Fsp3) is 1.00. The molecule has 1 fully saturated rings. The number of nitrogens with one attached hydrogen (secondary N) is 1. The van der Waals surface area contributed by atoms with Crippen molar-refractivity contribution >= 4 is 0 Å². The van der Waals surface area contributed by atoms with Gasteiger partial charge in [0.2, 0.25) is 0 Å². The van der Waals surface area contributed by atoms with E-state index in [-0.39, 0.29) is 5.41 Å². The highest BCUT2D eigenvalue weighted by atomic mass is 16.5. The molecule has 0 aromatic carbocycles. The summed E-state index contributed by atoms with van der Waals surface area (Å²) in [7, 11) is 3.96. The Morgan fingerprint density at radius 2 is 2.11 bits per heavy atom. The lowest BCUT2D eigenvalue weighted by Crippen LogP contribution is -2.51. The van der Waals surface area contributed by atoms with Crippen LogP contribution in [0.1, 0.15) is 33.6 Å². The van der Waals surface area contributed by atoms with E-state index in [2.05, 4.69) is 38.0 Å². The SMILES string of the molecule is COCC(C)N(C)CC1(CNC(C)C)CCCOC1. The number of likely N-dealkylation sites (N-methyl/N-ethyl adjacent to an activating group) is 1. The summed E-state index contributed by atoms with van der Waals surface area (Å²) < 4.78 is 11.0. The van der Waals surface area contributed by atoms with Crippen molar-refractivity contribution in [3.05, 3.63) is 0 Å². The molecule has 1 N–H and O–H groups in total. The molecule has 2 atom stereocenters. The van der Waals surface area contributed by atoms with Gasteiger partial charge < -0.3 is 19.7 Å². The van der Waals surface area contributed by atoms with Gasteiger partial charge in [-0.25, -0.2) is 0 Å². The molecule has 1 rings (SSSR count). The molecule has 0 aromatic rings. The van der Waals surface area contributed by atoms with E-state index in [1.807, 2.05) is 0 Å². The van der Waals surface area contributed by atoms with Gasteiger partial charge in [0.1, 0.15) is 0 Å². The fourth-order valence-corrected chi connectivity index (χ4v) is 2.70. The van der Waals surface area contributed by atoms with Crippen molar-refractivity contribution in [1.82, 2.24) is 10.2 Å². The van der Waals surface area contributed by atoms with Gasteiger partial charge in [0.15, 0.2) is 0 Å². The number of rotatable bonds is 8. The van der Waals surface area contributed by atoms with Gasteiger partial charge >= 0.3 is 0 Å². The molecule has 0 amide bonds. The zero-order chi connectivity index (χ0) is 14.3. The molecule has 1 aliphatic rings.